The van der Waals surface area contributed by atoms with Gasteiger partial charge in [0, 0.05) is 0 Å². The quantitative estimate of drug-likeness (QED) is 0.662. The van der Waals surface area contributed by atoms with E-state index in [9.17, 15) is 17.6 Å². The van der Waals surface area contributed by atoms with Crippen LogP contribution in [0.15, 0.2) is 12.1 Å². The van der Waals surface area contributed by atoms with Crippen LogP contribution in [0.4, 0.5) is 17.6 Å². The molecule has 0 unspecified atom stereocenters. The standard InChI is InChI=1S/C10H7F4N/c1-6-4-8(11)5-7(2-3-15)9(6)10(12,13)14/h4-5H,2H2,1H3. The predicted octanol–water partition coefficient (Wildman–Crippen LogP) is 3.22. The molecule has 0 amide bonds. The number of rotatable bonds is 1. The van der Waals surface area contributed by atoms with E-state index in [0.29, 0.717) is 0 Å². The Bertz CT molecular complexity index is 415. The summed E-state index contributed by atoms with van der Waals surface area (Å²) in [4.78, 5) is 0. The number of hydrogen-bond acceptors (Lipinski definition) is 1. The summed E-state index contributed by atoms with van der Waals surface area (Å²) in [5.74, 6) is -0.759. The van der Waals surface area contributed by atoms with Gasteiger partial charge in [0.25, 0.3) is 0 Å². The SMILES string of the molecule is Cc1cc(F)cc(CC#N)c1C(F)(F)F. The molecule has 0 N–H and O–H groups in total. The predicted molar refractivity (Wildman–Crippen MR) is 45.5 cm³/mol. The molecule has 80 valence electrons. The first-order chi connectivity index (χ1) is 6.86. The van der Waals surface area contributed by atoms with Crippen LogP contribution in [-0.4, -0.2) is 0 Å². The summed E-state index contributed by atoms with van der Waals surface area (Å²) in [5.41, 5.74) is -1.43. The van der Waals surface area contributed by atoms with Crippen molar-refractivity contribution in [3.8, 4) is 6.07 Å². The average Bonchev–Trinajstić information content (AvgIpc) is 1.99. The molecule has 0 spiro atoms. The van der Waals surface area contributed by atoms with Crippen LogP contribution in [0.25, 0.3) is 0 Å². The van der Waals surface area contributed by atoms with Gasteiger partial charge in [0.2, 0.25) is 0 Å². The zero-order valence-electron chi connectivity index (χ0n) is 7.82. The maximum absolute atomic E-state index is 12.8. The molecule has 0 aliphatic rings. The monoisotopic (exact) mass is 217 g/mol. The smallest absolute Gasteiger partial charge is 0.207 e. The number of halogens is 4. The van der Waals surface area contributed by atoms with Crippen LogP contribution in [0.5, 0.6) is 0 Å². The highest BCUT2D eigenvalue weighted by Gasteiger charge is 2.35. The highest BCUT2D eigenvalue weighted by molar-refractivity contribution is 5.38. The van der Waals surface area contributed by atoms with Crippen molar-refractivity contribution < 1.29 is 17.6 Å². The molecule has 15 heavy (non-hydrogen) atoms. The Labute approximate surface area is 83.9 Å². The van der Waals surface area contributed by atoms with Gasteiger partial charge in [-0.05, 0) is 30.2 Å². The highest BCUT2D eigenvalue weighted by Crippen LogP contribution is 2.35. The van der Waals surface area contributed by atoms with Crippen LogP contribution < -0.4 is 0 Å². The molecule has 0 bridgehead atoms. The van der Waals surface area contributed by atoms with Gasteiger partial charge in [-0.15, -0.1) is 0 Å². The number of nitriles is 1. The van der Waals surface area contributed by atoms with Crippen molar-refractivity contribution in [3.63, 3.8) is 0 Å². The van der Waals surface area contributed by atoms with Crippen LogP contribution >= 0.6 is 0 Å². The molecule has 5 heteroatoms. The van der Waals surface area contributed by atoms with E-state index in [1.807, 2.05) is 0 Å². The lowest BCUT2D eigenvalue weighted by Crippen LogP contribution is -2.12. The third kappa shape index (κ3) is 2.46. The van der Waals surface area contributed by atoms with E-state index < -0.39 is 24.0 Å². The van der Waals surface area contributed by atoms with Crippen molar-refractivity contribution in [1.29, 1.82) is 5.26 Å². The fourth-order valence-corrected chi connectivity index (χ4v) is 1.44. The number of hydrogen-bond donors (Lipinski definition) is 0. The van der Waals surface area contributed by atoms with Gasteiger partial charge in [-0.3, -0.25) is 0 Å². The zero-order valence-corrected chi connectivity index (χ0v) is 7.82. The summed E-state index contributed by atoms with van der Waals surface area (Å²) >= 11 is 0. The van der Waals surface area contributed by atoms with Gasteiger partial charge in [-0.25, -0.2) is 4.39 Å². The summed E-state index contributed by atoms with van der Waals surface area (Å²) in [7, 11) is 0. The van der Waals surface area contributed by atoms with E-state index in [2.05, 4.69) is 0 Å². The summed E-state index contributed by atoms with van der Waals surface area (Å²) in [5, 5.41) is 8.35. The molecular formula is C10H7F4N. The van der Waals surface area contributed by atoms with Crippen molar-refractivity contribution >= 4 is 0 Å². The lowest BCUT2D eigenvalue weighted by Gasteiger charge is -2.14. The summed E-state index contributed by atoms with van der Waals surface area (Å²) in [6.07, 6.45) is -5.00. The number of benzene rings is 1. The summed E-state index contributed by atoms with van der Waals surface area (Å²) < 4.78 is 50.4. The van der Waals surface area contributed by atoms with Crippen molar-refractivity contribution in [2.24, 2.45) is 0 Å². The molecular weight excluding hydrogens is 210 g/mol. The van der Waals surface area contributed by atoms with E-state index in [0.717, 1.165) is 12.1 Å². The largest absolute Gasteiger partial charge is 0.416 e. The molecule has 0 heterocycles. The van der Waals surface area contributed by atoms with Crippen LogP contribution in [0.3, 0.4) is 0 Å². The van der Waals surface area contributed by atoms with E-state index in [4.69, 9.17) is 5.26 Å². The molecule has 0 saturated heterocycles. The van der Waals surface area contributed by atoms with Gasteiger partial charge in [0.15, 0.2) is 0 Å². The van der Waals surface area contributed by atoms with Crippen LogP contribution in [0.1, 0.15) is 16.7 Å². The van der Waals surface area contributed by atoms with E-state index in [-0.39, 0.29) is 11.1 Å². The number of nitrogens with zero attached hydrogens (tertiary/aromatic N) is 1. The Morgan fingerprint density at radius 3 is 2.40 bits per heavy atom. The maximum atomic E-state index is 12.8. The molecule has 1 nitrogen and oxygen atoms in total. The van der Waals surface area contributed by atoms with Crippen LogP contribution in [-0.2, 0) is 12.6 Å². The normalized spacial score (nSPS) is 11.2. The fraction of sp³-hybridized carbons (Fsp3) is 0.300. The highest BCUT2D eigenvalue weighted by atomic mass is 19.4. The van der Waals surface area contributed by atoms with Gasteiger partial charge >= 0.3 is 6.18 Å². The topological polar surface area (TPSA) is 23.8 Å². The minimum absolute atomic E-state index is 0.201. The maximum Gasteiger partial charge on any atom is 0.416 e. The van der Waals surface area contributed by atoms with Gasteiger partial charge in [-0.1, -0.05) is 0 Å². The first kappa shape index (κ1) is 11.5. The lowest BCUT2D eigenvalue weighted by atomic mass is 9.99. The molecule has 0 aliphatic heterocycles. The third-order valence-electron chi connectivity index (χ3n) is 1.93. The Morgan fingerprint density at radius 1 is 1.33 bits per heavy atom. The average molecular weight is 217 g/mol. The Balaban J connectivity index is 3.42. The van der Waals surface area contributed by atoms with Gasteiger partial charge in [0.05, 0.1) is 18.1 Å². The molecule has 0 saturated carbocycles. The molecule has 0 radical (unpaired) electrons. The first-order valence-electron chi connectivity index (χ1n) is 4.09. The molecule has 1 aromatic carbocycles. The fourth-order valence-electron chi connectivity index (χ4n) is 1.44. The molecule has 0 fully saturated rings. The zero-order chi connectivity index (χ0) is 11.6. The van der Waals surface area contributed by atoms with Crippen molar-refractivity contribution in [2.75, 3.05) is 0 Å². The molecule has 0 aliphatic carbocycles. The molecule has 1 rings (SSSR count). The van der Waals surface area contributed by atoms with Crippen molar-refractivity contribution in [3.05, 3.63) is 34.6 Å². The van der Waals surface area contributed by atoms with Crippen LogP contribution in [0.2, 0.25) is 0 Å². The lowest BCUT2D eigenvalue weighted by molar-refractivity contribution is -0.138. The summed E-state index contributed by atoms with van der Waals surface area (Å²) in [6.45, 7) is 1.17. The van der Waals surface area contributed by atoms with Gasteiger partial charge in [-0.2, -0.15) is 18.4 Å². The minimum Gasteiger partial charge on any atom is -0.207 e. The van der Waals surface area contributed by atoms with E-state index >= 15 is 0 Å². The Kier molecular flexibility index (Phi) is 2.98. The number of alkyl halides is 3. The second-order valence-electron chi connectivity index (χ2n) is 3.09. The molecule has 0 aromatic heterocycles. The Morgan fingerprint density at radius 2 is 1.93 bits per heavy atom. The third-order valence-corrected chi connectivity index (χ3v) is 1.93. The van der Waals surface area contributed by atoms with E-state index in [1.165, 1.54) is 6.92 Å². The number of aryl methyl sites for hydroxylation is 1. The second-order valence-corrected chi connectivity index (χ2v) is 3.09. The summed E-state index contributed by atoms with van der Waals surface area (Å²) in [6, 6.07) is 3.14. The molecule has 0 atom stereocenters. The minimum atomic E-state index is -4.55. The van der Waals surface area contributed by atoms with Crippen molar-refractivity contribution in [2.45, 2.75) is 19.5 Å². The van der Waals surface area contributed by atoms with Gasteiger partial charge < -0.3 is 0 Å². The second kappa shape index (κ2) is 3.89. The van der Waals surface area contributed by atoms with Crippen LogP contribution in [0, 0.1) is 24.1 Å². The van der Waals surface area contributed by atoms with Gasteiger partial charge in [0.1, 0.15) is 5.82 Å². The molecule has 1 aromatic rings. The van der Waals surface area contributed by atoms with Crippen molar-refractivity contribution in [1.82, 2.24) is 0 Å². The Hall–Kier alpha value is -1.57. The van der Waals surface area contributed by atoms with E-state index in [1.54, 1.807) is 6.07 Å². The first-order valence-corrected chi connectivity index (χ1v) is 4.09.